The number of nitrogens with one attached hydrogen (secondary N) is 1. The third-order valence-corrected chi connectivity index (χ3v) is 3.90. The molecule has 2 aromatic carbocycles. The molecule has 7 nitrogen and oxygen atoms in total. The Morgan fingerprint density at radius 3 is 2.32 bits per heavy atom. The zero-order chi connectivity index (χ0) is 18.1. The first-order chi connectivity index (χ1) is 12.0. The molecule has 124 valence electrons. The molecule has 25 heavy (non-hydrogen) atoms. The van der Waals surface area contributed by atoms with E-state index in [4.69, 9.17) is 0 Å². The summed E-state index contributed by atoms with van der Waals surface area (Å²) >= 11 is 0. The van der Waals surface area contributed by atoms with Gasteiger partial charge in [0.1, 0.15) is 11.1 Å². The van der Waals surface area contributed by atoms with Crippen LogP contribution in [0.4, 0.5) is 5.69 Å². The maximum absolute atomic E-state index is 12.8. The molecule has 0 fully saturated rings. The molecular formula is C18H12N2O5. The molecule has 3 rings (SSSR count). The Bertz CT molecular complexity index is 962. The summed E-state index contributed by atoms with van der Waals surface area (Å²) in [5, 5.41) is 14.0. The fourth-order valence-electron chi connectivity index (χ4n) is 2.80. The number of nitrogens with zero attached hydrogens (tertiary/aromatic N) is 1. The van der Waals surface area contributed by atoms with E-state index in [0.29, 0.717) is 0 Å². The van der Waals surface area contributed by atoms with Crippen LogP contribution in [0.25, 0.3) is 0 Å². The van der Waals surface area contributed by atoms with Crippen molar-refractivity contribution in [1.82, 2.24) is 5.32 Å². The highest BCUT2D eigenvalue weighted by Crippen LogP contribution is 2.35. The molecule has 0 atom stereocenters. The van der Waals surface area contributed by atoms with Gasteiger partial charge in [0.05, 0.1) is 4.92 Å². The van der Waals surface area contributed by atoms with Crippen LogP contribution in [-0.4, -0.2) is 28.9 Å². The number of amides is 1. The van der Waals surface area contributed by atoms with E-state index < -0.39 is 28.1 Å². The Morgan fingerprint density at radius 2 is 1.72 bits per heavy atom. The molecule has 0 radical (unpaired) electrons. The summed E-state index contributed by atoms with van der Waals surface area (Å²) < 4.78 is 0. The Kier molecular flexibility index (Phi) is 3.98. The number of hydrogen-bond donors (Lipinski definition) is 1. The third kappa shape index (κ3) is 2.51. The number of ketones is 2. The van der Waals surface area contributed by atoms with Crippen LogP contribution < -0.4 is 5.32 Å². The lowest BCUT2D eigenvalue weighted by atomic mass is 9.82. The molecule has 0 heterocycles. The van der Waals surface area contributed by atoms with E-state index in [9.17, 15) is 24.5 Å². The molecule has 7 heteroatoms. The lowest BCUT2D eigenvalue weighted by Crippen LogP contribution is -2.27. The van der Waals surface area contributed by atoms with Crippen molar-refractivity contribution in [2.45, 2.75) is 0 Å². The summed E-state index contributed by atoms with van der Waals surface area (Å²) in [6, 6.07) is 8.58. The molecule has 0 spiro atoms. The Hall–Kier alpha value is -3.61. The van der Waals surface area contributed by atoms with E-state index >= 15 is 0 Å². The molecule has 1 aliphatic rings. The molecule has 0 saturated heterocycles. The third-order valence-electron chi connectivity index (χ3n) is 3.90. The van der Waals surface area contributed by atoms with Crippen LogP contribution in [0.2, 0.25) is 0 Å². The van der Waals surface area contributed by atoms with Crippen molar-refractivity contribution in [2.24, 2.45) is 0 Å². The monoisotopic (exact) mass is 336 g/mol. The molecule has 0 bridgehead atoms. The molecule has 0 aromatic heterocycles. The molecular weight excluding hydrogens is 324 g/mol. The second-order valence-corrected chi connectivity index (χ2v) is 5.34. The highest BCUT2D eigenvalue weighted by molar-refractivity contribution is 6.30. The minimum absolute atomic E-state index is 0.0735. The van der Waals surface area contributed by atoms with Gasteiger partial charge < -0.3 is 5.32 Å². The number of carbonyl (C=O) groups is 3. The lowest BCUT2D eigenvalue weighted by molar-refractivity contribution is -0.385. The van der Waals surface area contributed by atoms with E-state index in [1.165, 1.54) is 30.3 Å². The van der Waals surface area contributed by atoms with Crippen molar-refractivity contribution in [3.8, 4) is 0 Å². The van der Waals surface area contributed by atoms with Gasteiger partial charge in [-0.2, -0.15) is 0 Å². The smallest absolute Gasteiger partial charge is 0.294 e. The van der Waals surface area contributed by atoms with Gasteiger partial charge in [0, 0.05) is 23.2 Å². The van der Waals surface area contributed by atoms with Gasteiger partial charge in [0.2, 0.25) is 5.78 Å². The zero-order valence-electron chi connectivity index (χ0n) is 12.9. The fourth-order valence-corrected chi connectivity index (χ4v) is 2.80. The number of nitro benzene ring substituents is 1. The fraction of sp³-hybridized carbons (Fsp3) is 0.0556. The van der Waals surface area contributed by atoms with Gasteiger partial charge >= 0.3 is 0 Å². The van der Waals surface area contributed by atoms with Gasteiger partial charge in [-0.3, -0.25) is 24.5 Å². The SMILES string of the molecule is C=CCNC(=O)c1ccc2c(c1[N+](=O)[O-])C(=O)c1ccccc1C2=O. The maximum Gasteiger partial charge on any atom is 0.294 e. The summed E-state index contributed by atoms with van der Waals surface area (Å²) in [7, 11) is 0. The van der Waals surface area contributed by atoms with Crippen molar-refractivity contribution < 1.29 is 19.3 Å². The van der Waals surface area contributed by atoms with E-state index in [0.717, 1.165) is 0 Å². The highest BCUT2D eigenvalue weighted by Gasteiger charge is 2.38. The minimum Gasteiger partial charge on any atom is -0.348 e. The van der Waals surface area contributed by atoms with Crippen molar-refractivity contribution in [3.63, 3.8) is 0 Å². The number of fused-ring (bicyclic) bond motifs is 2. The van der Waals surface area contributed by atoms with Crippen LogP contribution in [0.1, 0.15) is 42.2 Å². The van der Waals surface area contributed by atoms with E-state index in [1.807, 2.05) is 0 Å². The minimum atomic E-state index is -0.805. The predicted octanol–water partition coefficient (Wildman–Crippen LogP) is 2.29. The number of carbonyl (C=O) groups excluding carboxylic acids is 3. The number of hydrogen-bond acceptors (Lipinski definition) is 5. The standard InChI is InChI=1S/C18H12N2O5/c1-2-9-19-18(23)13-8-7-12-14(15(13)20(24)25)17(22)11-6-4-3-5-10(11)16(12)21/h2-8H,1,9H2,(H,19,23). The quantitative estimate of drug-likeness (QED) is 0.447. The largest absolute Gasteiger partial charge is 0.348 e. The Labute approximate surface area is 142 Å². The van der Waals surface area contributed by atoms with Crippen LogP contribution in [-0.2, 0) is 0 Å². The normalized spacial score (nSPS) is 12.2. The summed E-state index contributed by atoms with van der Waals surface area (Å²) in [5.74, 6) is -1.84. The van der Waals surface area contributed by atoms with Crippen LogP contribution in [0.15, 0.2) is 49.1 Å². The Balaban J connectivity index is 2.26. The molecule has 1 N–H and O–H groups in total. The second kappa shape index (κ2) is 6.12. The van der Waals surface area contributed by atoms with E-state index in [2.05, 4.69) is 11.9 Å². The average Bonchev–Trinajstić information content (AvgIpc) is 2.62. The predicted molar refractivity (Wildman–Crippen MR) is 88.9 cm³/mol. The van der Waals surface area contributed by atoms with Gasteiger partial charge in [0.15, 0.2) is 5.78 Å². The van der Waals surface area contributed by atoms with Crippen molar-refractivity contribution in [3.05, 3.63) is 87.0 Å². The first-order valence-corrected chi connectivity index (χ1v) is 7.36. The molecule has 0 saturated carbocycles. The summed E-state index contributed by atoms with van der Waals surface area (Å²) in [6.45, 7) is 3.57. The maximum atomic E-state index is 12.8. The first kappa shape index (κ1) is 16.3. The van der Waals surface area contributed by atoms with Crippen LogP contribution in [0.5, 0.6) is 0 Å². The van der Waals surface area contributed by atoms with E-state index in [-0.39, 0.29) is 34.4 Å². The summed E-state index contributed by atoms with van der Waals surface area (Å²) in [4.78, 5) is 48.3. The number of benzene rings is 2. The molecule has 0 aliphatic heterocycles. The first-order valence-electron chi connectivity index (χ1n) is 7.36. The molecule has 1 aliphatic carbocycles. The van der Waals surface area contributed by atoms with Gasteiger partial charge in [-0.1, -0.05) is 30.3 Å². The number of rotatable bonds is 4. The van der Waals surface area contributed by atoms with Gasteiger partial charge in [0.25, 0.3) is 11.6 Å². The van der Waals surface area contributed by atoms with Crippen LogP contribution in [0, 0.1) is 10.1 Å². The summed E-state index contributed by atoms with van der Waals surface area (Å²) in [5.41, 5.74) is -1.07. The molecule has 2 aromatic rings. The highest BCUT2D eigenvalue weighted by atomic mass is 16.6. The average molecular weight is 336 g/mol. The topological polar surface area (TPSA) is 106 Å². The van der Waals surface area contributed by atoms with Crippen molar-refractivity contribution >= 4 is 23.2 Å². The van der Waals surface area contributed by atoms with Crippen LogP contribution in [0.3, 0.4) is 0 Å². The van der Waals surface area contributed by atoms with Gasteiger partial charge in [-0.15, -0.1) is 6.58 Å². The molecule has 1 amide bonds. The second-order valence-electron chi connectivity index (χ2n) is 5.34. The van der Waals surface area contributed by atoms with E-state index in [1.54, 1.807) is 12.1 Å². The zero-order valence-corrected chi connectivity index (χ0v) is 12.9. The molecule has 0 unspecified atom stereocenters. The van der Waals surface area contributed by atoms with Gasteiger partial charge in [-0.05, 0) is 12.1 Å². The summed E-state index contributed by atoms with van der Waals surface area (Å²) in [6.07, 6.45) is 1.42. The van der Waals surface area contributed by atoms with Crippen molar-refractivity contribution in [1.29, 1.82) is 0 Å². The number of nitro groups is 1. The Morgan fingerprint density at radius 1 is 1.08 bits per heavy atom. The van der Waals surface area contributed by atoms with Gasteiger partial charge in [-0.25, -0.2) is 0 Å². The van der Waals surface area contributed by atoms with Crippen LogP contribution >= 0.6 is 0 Å². The lowest BCUT2D eigenvalue weighted by Gasteiger charge is -2.18. The van der Waals surface area contributed by atoms with Crippen molar-refractivity contribution in [2.75, 3.05) is 6.54 Å².